The first-order valence-corrected chi connectivity index (χ1v) is 7.15. The molecule has 2 atom stereocenters. The molecular weight excluding hydrogens is 240 g/mol. The van der Waals surface area contributed by atoms with Gasteiger partial charge in [0.1, 0.15) is 5.82 Å². The maximum absolute atomic E-state index is 12.0. The molecule has 0 aliphatic rings. The van der Waals surface area contributed by atoms with E-state index in [1.807, 2.05) is 13.8 Å². The molecule has 0 aliphatic heterocycles. The second kappa shape index (κ2) is 5.61. The van der Waals surface area contributed by atoms with E-state index < -0.39 is 10.0 Å². The highest BCUT2D eigenvalue weighted by Crippen LogP contribution is 2.09. The Hall–Kier alpha value is -0.920. The summed E-state index contributed by atoms with van der Waals surface area (Å²) in [6, 6.07) is -0.210. The molecule has 0 saturated carbocycles. The van der Waals surface area contributed by atoms with E-state index in [0.29, 0.717) is 18.8 Å². The number of nitrogens with zero attached hydrogens (tertiary/aromatic N) is 1. The Morgan fingerprint density at radius 2 is 2.18 bits per heavy atom. The molecule has 2 unspecified atom stereocenters. The van der Waals surface area contributed by atoms with Crippen LogP contribution in [0.2, 0.25) is 0 Å². The van der Waals surface area contributed by atoms with Crippen LogP contribution in [0.3, 0.4) is 0 Å². The lowest BCUT2D eigenvalue weighted by atomic mass is 10.1. The van der Waals surface area contributed by atoms with Gasteiger partial charge in [0.25, 0.3) is 10.0 Å². The number of aryl methyl sites for hydroxylation is 1. The SMILES string of the molecule is CCc1ncc(S(=O)(=O)NC(C)C(C)CN)[nH]1. The Morgan fingerprint density at radius 1 is 1.53 bits per heavy atom. The van der Waals surface area contributed by atoms with Crippen LogP contribution in [0, 0.1) is 5.92 Å². The number of hydrogen-bond acceptors (Lipinski definition) is 4. The normalized spacial score (nSPS) is 15.8. The Kier molecular flexibility index (Phi) is 4.67. The Morgan fingerprint density at radius 3 is 2.65 bits per heavy atom. The number of hydrogen-bond donors (Lipinski definition) is 3. The van der Waals surface area contributed by atoms with Gasteiger partial charge < -0.3 is 10.7 Å². The van der Waals surface area contributed by atoms with Crippen molar-refractivity contribution >= 4 is 10.0 Å². The molecule has 1 heterocycles. The number of aromatic nitrogens is 2. The highest BCUT2D eigenvalue weighted by Gasteiger charge is 2.22. The monoisotopic (exact) mass is 260 g/mol. The van der Waals surface area contributed by atoms with Crippen LogP contribution in [0.1, 0.15) is 26.6 Å². The molecule has 0 saturated heterocycles. The highest BCUT2D eigenvalue weighted by atomic mass is 32.2. The van der Waals surface area contributed by atoms with Gasteiger partial charge in [0, 0.05) is 12.5 Å². The van der Waals surface area contributed by atoms with E-state index >= 15 is 0 Å². The van der Waals surface area contributed by atoms with E-state index in [1.54, 1.807) is 6.92 Å². The number of rotatable bonds is 6. The number of nitrogens with two attached hydrogens (primary N) is 1. The quantitative estimate of drug-likeness (QED) is 0.681. The second-order valence-electron chi connectivity index (χ2n) is 4.17. The van der Waals surface area contributed by atoms with Crippen molar-refractivity contribution in [2.75, 3.05) is 6.54 Å². The summed E-state index contributed by atoms with van der Waals surface area (Å²) in [5.41, 5.74) is 5.50. The molecular formula is C10H20N4O2S. The molecule has 0 radical (unpaired) electrons. The zero-order valence-corrected chi connectivity index (χ0v) is 11.2. The fraction of sp³-hybridized carbons (Fsp3) is 0.700. The average molecular weight is 260 g/mol. The minimum absolute atomic E-state index is 0.0818. The first kappa shape index (κ1) is 14.1. The fourth-order valence-corrected chi connectivity index (χ4v) is 2.58. The highest BCUT2D eigenvalue weighted by molar-refractivity contribution is 7.89. The lowest BCUT2D eigenvalue weighted by molar-refractivity contribution is 0.452. The summed E-state index contributed by atoms with van der Waals surface area (Å²) < 4.78 is 26.5. The van der Waals surface area contributed by atoms with E-state index in [0.717, 1.165) is 0 Å². The maximum Gasteiger partial charge on any atom is 0.257 e. The third-order valence-corrected chi connectivity index (χ3v) is 4.26. The standard InChI is InChI=1S/C10H20N4O2S/c1-4-9-12-6-10(13-9)17(15,16)14-8(3)7(2)5-11/h6-8,14H,4-5,11H2,1-3H3,(H,12,13). The van der Waals surface area contributed by atoms with Gasteiger partial charge in [0.2, 0.25) is 0 Å². The van der Waals surface area contributed by atoms with Crippen molar-refractivity contribution in [1.82, 2.24) is 14.7 Å². The van der Waals surface area contributed by atoms with Crippen LogP contribution in [0.15, 0.2) is 11.2 Å². The number of aromatic amines is 1. The molecule has 0 aliphatic carbocycles. The van der Waals surface area contributed by atoms with Crippen molar-refractivity contribution in [3.05, 3.63) is 12.0 Å². The first-order chi connectivity index (χ1) is 7.90. The van der Waals surface area contributed by atoms with Crippen molar-refractivity contribution in [1.29, 1.82) is 0 Å². The van der Waals surface area contributed by atoms with Crippen LogP contribution >= 0.6 is 0 Å². The van der Waals surface area contributed by atoms with E-state index in [4.69, 9.17) is 5.73 Å². The average Bonchev–Trinajstić information content (AvgIpc) is 2.76. The van der Waals surface area contributed by atoms with Gasteiger partial charge in [-0.3, -0.25) is 0 Å². The molecule has 1 rings (SSSR count). The van der Waals surface area contributed by atoms with Crippen LogP contribution in [0.25, 0.3) is 0 Å². The summed E-state index contributed by atoms with van der Waals surface area (Å²) in [6.07, 6.45) is 2.01. The molecule has 0 spiro atoms. The van der Waals surface area contributed by atoms with E-state index in [-0.39, 0.29) is 17.0 Å². The number of nitrogens with one attached hydrogen (secondary N) is 2. The Bertz CT molecular complexity index is 455. The lowest BCUT2D eigenvalue weighted by Gasteiger charge is -2.18. The Labute approximate surface area is 102 Å². The maximum atomic E-state index is 12.0. The lowest BCUT2D eigenvalue weighted by Crippen LogP contribution is -2.39. The summed E-state index contributed by atoms with van der Waals surface area (Å²) in [4.78, 5) is 6.75. The van der Waals surface area contributed by atoms with Gasteiger partial charge in [-0.25, -0.2) is 18.1 Å². The fourth-order valence-electron chi connectivity index (χ4n) is 1.29. The van der Waals surface area contributed by atoms with Crippen molar-refractivity contribution in [3.63, 3.8) is 0 Å². The Balaban J connectivity index is 2.81. The van der Waals surface area contributed by atoms with E-state index in [2.05, 4.69) is 14.7 Å². The van der Waals surface area contributed by atoms with Gasteiger partial charge in [0.05, 0.1) is 6.20 Å². The molecule has 1 aromatic rings. The van der Waals surface area contributed by atoms with Crippen molar-refractivity contribution in [2.45, 2.75) is 38.3 Å². The summed E-state index contributed by atoms with van der Waals surface area (Å²) in [6.45, 7) is 6.04. The van der Waals surface area contributed by atoms with Gasteiger partial charge in [0.15, 0.2) is 5.03 Å². The van der Waals surface area contributed by atoms with Gasteiger partial charge in [-0.1, -0.05) is 13.8 Å². The van der Waals surface area contributed by atoms with Crippen molar-refractivity contribution in [2.24, 2.45) is 11.7 Å². The van der Waals surface area contributed by atoms with Crippen molar-refractivity contribution < 1.29 is 8.42 Å². The van der Waals surface area contributed by atoms with Gasteiger partial charge >= 0.3 is 0 Å². The van der Waals surface area contributed by atoms with E-state index in [9.17, 15) is 8.42 Å². The van der Waals surface area contributed by atoms with Crippen LogP contribution in [0.4, 0.5) is 0 Å². The first-order valence-electron chi connectivity index (χ1n) is 5.67. The zero-order chi connectivity index (χ0) is 13.1. The summed E-state index contributed by atoms with van der Waals surface area (Å²) in [7, 11) is -3.53. The molecule has 17 heavy (non-hydrogen) atoms. The molecule has 0 amide bonds. The molecule has 4 N–H and O–H groups in total. The van der Waals surface area contributed by atoms with Gasteiger partial charge in [-0.05, 0) is 19.4 Å². The summed E-state index contributed by atoms with van der Waals surface area (Å²) in [5.74, 6) is 0.739. The molecule has 0 bridgehead atoms. The zero-order valence-electron chi connectivity index (χ0n) is 10.4. The van der Waals surface area contributed by atoms with Gasteiger partial charge in [-0.2, -0.15) is 0 Å². The van der Waals surface area contributed by atoms with Crippen molar-refractivity contribution in [3.8, 4) is 0 Å². The molecule has 6 nitrogen and oxygen atoms in total. The third-order valence-electron chi connectivity index (χ3n) is 2.80. The van der Waals surface area contributed by atoms with Crippen LogP contribution < -0.4 is 10.5 Å². The predicted molar refractivity (Wildman–Crippen MR) is 66.0 cm³/mol. The summed E-state index contributed by atoms with van der Waals surface area (Å²) >= 11 is 0. The molecule has 7 heteroatoms. The molecule has 98 valence electrons. The minimum Gasteiger partial charge on any atom is -0.332 e. The topological polar surface area (TPSA) is 101 Å². The molecule has 0 aromatic carbocycles. The minimum atomic E-state index is -3.53. The third kappa shape index (κ3) is 3.52. The second-order valence-corrected chi connectivity index (χ2v) is 5.85. The van der Waals surface area contributed by atoms with Crippen LogP contribution in [-0.4, -0.2) is 31.0 Å². The summed E-state index contributed by atoms with van der Waals surface area (Å²) in [5, 5.41) is 0.102. The molecule has 1 aromatic heterocycles. The smallest absolute Gasteiger partial charge is 0.257 e. The van der Waals surface area contributed by atoms with Crippen LogP contribution in [0.5, 0.6) is 0 Å². The van der Waals surface area contributed by atoms with Crippen LogP contribution in [-0.2, 0) is 16.4 Å². The van der Waals surface area contributed by atoms with E-state index in [1.165, 1.54) is 6.20 Å². The largest absolute Gasteiger partial charge is 0.332 e. The number of imidazole rings is 1. The van der Waals surface area contributed by atoms with Gasteiger partial charge in [-0.15, -0.1) is 0 Å². The predicted octanol–water partition coefficient (Wildman–Crippen LogP) is 0.234. The molecule has 0 fully saturated rings. The number of sulfonamides is 1. The number of H-pyrrole nitrogens is 1.